The van der Waals surface area contributed by atoms with Crippen molar-refractivity contribution in [2.24, 2.45) is 0 Å². The summed E-state index contributed by atoms with van der Waals surface area (Å²) in [6, 6.07) is 7.32. The number of anilines is 1. The number of sulfonamides is 1. The van der Waals surface area contributed by atoms with Crippen molar-refractivity contribution in [3.63, 3.8) is 0 Å². The van der Waals surface area contributed by atoms with Gasteiger partial charge < -0.3 is 4.74 Å². The number of nitrogens with zero attached hydrogens (tertiary/aromatic N) is 2. The minimum absolute atomic E-state index is 0.0773. The first-order valence-corrected chi connectivity index (χ1v) is 9.51. The summed E-state index contributed by atoms with van der Waals surface area (Å²) >= 11 is 0. The molecule has 2 rings (SSSR count). The van der Waals surface area contributed by atoms with Crippen LogP contribution in [0.3, 0.4) is 0 Å². The van der Waals surface area contributed by atoms with E-state index < -0.39 is 55.5 Å². The monoisotopic (exact) mass is 432 g/mol. The zero-order chi connectivity index (χ0) is 21.8. The Morgan fingerprint density at radius 3 is 2.41 bits per heavy atom. The Labute approximate surface area is 163 Å². The molecule has 0 heterocycles. The number of rotatable bonds is 7. The highest BCUT2D eigenvalue weighted by molar-refractivity contribution is 7.92. The van der Waals surface area contributed by atoms with Crippen molar-refractivity contribution < 1.29 is 36.0 Å². The molecule has 0 aromatic heterocycles. The third-order valence-corrected chi connectivity index (χ3v) is 5.43. The topological polar surface area (TPSA) is 107 Å². The Kier molecular flexibility index (Phi) is 6.47. The molecule has 0 aliphatic carbocycles. The summed E-state index contributed by atoms with van der Waals surface area (Å²) < 4.78 is 70.3. The van der Waals surface area contributed by atoms with E-state index in [1.54, 1.807) is 0 Å². The second-order valence-electron chi connectivity index (χ2n) is 5.62. The van der Waals surface area contributed by atoms with Gasteiger partial charge in [-0.05, 0) is 31.2 Å². The quantitative estimate of drug-likeness (QED) is 0.377. The predicted molar refractivity (Wildman–Crippen MR) is 95.7 cm³/mol. The van der Waals surface area contributed by atoms with Gasteiger partial charge in [0.15, 0.2) is 0 Å². The summed E-state index contributed by atoms with van der Waals surface area (Å²) in [6.07, 6.45) is -4.75. The Hall–Kier alpha value is -3.15. The van der Waals surface area contributed by atoms with E-state index in [1.807, 2.05) is 0 Å². The van der Waals surface area contributed by atoms with Crippen molar-refractivity contribution in [3.05, 3.63) is 64.2 Å². The van der Waals surface area contributed by atoms with Crippen molar-refractivity contribution in [2.45, 2.75) is 18.0 Å². The summed E-state index contributed by atoms with van der Waals surface area (Å²) in [5, 5.41) is 10.9. The molecule has 0 radical (unpaired) electrons. The van der Waals surface area contributed by atoms with Crippen molar-refractivity contribution in [1.29, 1.82) is 0 Å². The number of nitro benzene ring substituents is 1. The maximum Gasteiger partial charge on any atom is 0.416 e. The van der Waals surface area contributed by atoms with Crippen LogP contribution in [-0.4, -0.2) is 32.5 Å². The second-order valence-corrected chi connectivity index (χ2v) is 7.48. The lowest BCUT2D eigenvalue weighted by atomic mass is 10.2. The van der Waals surface area contributed by atoms with E-state index in [0.29, 0.717) is 10.4 Å². The number of hydrogen-bond acceptors (Lipinski definition) is 6. The van der Waals surface area contributed by atoms with Gasteiger partial charge in [0.05, 0.1) is 27.7 Å². The fraction of sp³-hybridized carbons (Fsp3) is 0.235. The molecule has 0 fully saturated rings. The number of carbonyl (C=O) groups excluding carboxylic acids is 1. The minimum atomic E-state index is -4.75. The molecule has 0 saturated heterocycles. The zero-order valence-electron chi connectivity index (χ0n) is 14.9. The molecule has 0 bridgehead atoms. The van der Waals surface area contributed by atoms with Crippen LogP contribution in [0.2, 0.25) is 0 Å². The van der Waals surface area contributed by atoms with Gasteiger partial charge >= 0.3 is 12.1 Å². The molecule has 0 aliphatic heterocycles. The van der Waals surface area contributed by atoms with Crippen LogP contribution in [0.15, 0.2) is 53.4 Å². The molecule has 8 nitrogen and oxygen atoms in total. The standard InChI is InChI=1S/C17H15F3N2O6S/c1-2-28-16(23)11-21(13-6-3-5-12(9-13)17(18,19)20)29(26,27)15-8-4-7-14(10-15)22(24)25/h3-10H,2,11H2,1H3. The molecule has 2 aromatic rings. The van der Waals surface area contributed by atoms with Crippen LogP contribution < -0.4 is 4.31 Å². The van der Waals surface area contributed by atoms with E-state index in [2.05, 4.69) is 0 Å². The third-order valence-electron chi connectivity index (χ3n) is 3.66. The summed E-state index contributed by atoms with van der Waals surface area (Å²) in [4.78, 5) is 21.5. The highest BCUT2D eigenvalue weighted by Gasteiger charge is 2.33. The highest BCUT2D eigenvalue weighted by atomic mass is 32.2. The normalized spacial score (nSPS) is 11.7. The van der Waals surface area contributed by atoms with Crippen LogP contribution in [-0.2, 0) is 25.7 Å². The van der Waals surface area contributed by atoms with E-state index in [1.165, 1.54) is 6.92 Å². The molecule has 0 saturated carbocycles. The first-order valence-electron chi connectivity index (χ1n) is 8.07. The predicted octanol–water partition coefficient (Wildman–Crippen LogP) is 3.37. The van der Waals surface area contributed by atoms with E-state index >= 15 is 0 Å². The van der Waals surface area contributed by atoms with Gasteiger partial charge in [-0.3, -0.25) is 19.2 Å². The number of halogens is 3. The smallest absolute Gasteiger partial charge is 0.416 e. The van der Waals surface area contributed by atoms with Gasteiger partial charge in [-0.2, -0.15) is 13.2 Å². The molecule has 0 N–H and O–H groups in total. The molecule has 0 spiro atoms. The molecular weight excluding hydrogens is 417 g/mol. The lowest BCUT2D eigenvalue weighted by Crippen LogP contribution is -2.36. The average Bonchev–Trinajstić information content (AvgIpc) is 2.65. The van der Waals surface area contributed by atoms with Crippen LogP contribution in [0.4, 0.5) is 24.5 Å². The highest BCUT2D eigenvalue weighted by Crippen LogP contribution is 2.33. The number of esters is 1. The first kappa shape index (κ1) is 22.1. The second kappa shape index (κ2) is 8.47. The lowest BCUT2D eigenvalue weighted by Gasteiger charge is -2.24. The minimum Gasteiger partial charge on any atom is -0.465 e. The zero-order valence-corrected chi connectivity index (χ0v) is 15.7. The van der Waals surface area contributed by atoms with E-state index in [-0.39, 0.29) is 6.61 Å². The summed E-state index contributed by atoms with van der Waals surface area (Å²) in [5.41, 5.74) is -2.11. The molecule has 0 atom stereocenters. The van der Waals surface area contributed by atoms with Crippen LogP contribution in [0, 0.1) is 10.1 Å². The molecule has 0 unspecified atom stereocenters. The Morgan fingerprint density at radius 1 is 1.17 bits per heavy atom. The van der Waals surface area contributed by atoms with Crippen LogP contribution >= 0.6 is 0 Å². The number of non-ortho nitro benzene ring substituents is 1. The first-order chi connectivity index (χ1) is 13.5. The third kappa shape index (κ3) is 5.22. The number of ether oxygens (including phenoxy) is 1. The number of hydrogen-bond donors (Lipinski definition) is 0. The van der Waals surface area contributed by atoms with Gasteiger partial charge in [0.2, 0.25) is 0 Å². The van der Waals surface area contributed by atoms with Crippen molar-refractivity contribution in [3.8, 4) is 0 Å². The molecule has 2 aromatic carbocycles. The number of benzene rings is 2. The van der Waals surface area contributed by atoms with E-state index in [4.69, 9.17) is 4.74 Å². The summed E-state index contributed by atoms with van der Waals surface area (Å²) in [7, 11) is -4.63. The summed E-state index contributed by atoms with van der Waals surface area (Å²) in [6.45, 7) is 0.480. The van der Waals surface area contributed by atoms with Crippen molar-refractivity contribution in [2.75, 3.05) is 17.5 Å². The van der Waals surface area contributed by atoms with Crippen LogP contribution in [0.25, 0.3) is 0 Å². The molecular formula is C17H15F3N2O6S. The van der Waals surface area contributed by atoms with Gasteiger partial charge in [-0.25, -0.2) is 8.42 Å². The van der Waals surface area contributed by atoms with Crippen molar-refractivity contribution in [1.82, 2.24) is 0 Å². The number of alkyl halides is 3. The molecule has 0 amide bonds. The lowest BCUT2D eigenvalue weighted by molar-refractivity contribution is -0.385. The Morgan fingerprint density at radius 2 is 1.83 bits per heavy atom. The maximum absolute atomic E-state index is 13.0. The van der Waals surface area contributed by atoms with Gasteiger partial charge in [0.25, 0.3) is 15.7 Å². The average molecular weight is 432 g/mol. The number of carbonyl (C=O) groups is 1. The molecule has 0 aliphatic rings. The van der Waals surface area contributed by atoms with Gasteiger partial charge in [-0.15, -0.1) is 0 Å². The fourth-order valence-electron chi connectivity index (χ4n) is 2.36. The molecule has 29 heavy (non-hydrogen) atoms. The Balaban J connectivity index is 2.60. The SMILES string of the molecule is CCOC(=O)CN(c1cccc(C(F)(F)F)c1)S(=O)(=O)c1cccc([N+](=O)[O-])c1. The van der Waals surface area contributed by atoms with Crippen LogP contribution in [0.5, 0.6) is 0 Å². The molecule has 156 valence electrons. The Bertz CT molecular complexity index is 1020. The largest absolute Gasteiger partial charge is 0.465 e. The van der Waals surface area contributed by atoms with E-state index in [0.717, 1.165) is 42.5 Å². The van der Waals surface area contributed by atoms with Crippen molar-refractivity contribution >= 4 is 27.4 Å². The number of nitro groups is 1. The summed E-state index contributed by atoms with van der Waals surface area (Å²) in [5.74, 6) is -1.00. The van der Waals surface area contributed by atoms with Gasteiger partial charge in [0, 0.05) is 12.1 Å². The maximum atomic E-state index is 13.0. The van der Waals surface area contributed by atoms with Crippen LogP contribution in [0.1, 0.15) is 12.5 Å². The van der Waals surface area contributed by atoms with Gasteiger partial charge in [0.1, 0.15) is 6.54 Å². The fourth-order valence-corrected chi connectivity index (χ4v) is 3.80. The van der Waals surface area contributed by atoms with E-state index in [9.17, 15) is 36.5 Å². The molecule has 12 heteroatoms. The van der Waals surface area contributed by atoms with Gasteiger partial charge in [-0.1, -0.05) is 12.1 Å².